The molecule has 0 bridgehead atoms. The second-order valence-corrected chi connectivity index (χ2v) is 6.45. The maximum Gasteiger partial charge on any atom is 0.305 e. The van der Waals surface area contributed by atoms with Crippen LogP contribution in [0.1, 0.15) is 18.9 Å². The molecule has 1 fully saturated rings. The van der Waals surface area contributed by atoms with Crippen LogP contribution in [0.4, 0.5) is 0 Å². The van der Waals surface area contributed by atoms with Crippen LogP contribution in [-0.4, -0.2) is 32.7 Å². The molecule has 1 amide bonds. The Morgan fingerprint density at radius 1 is 1.36 bits per heavy atom. The Balaban J connectivity index is 2.12. The summed E-state index contributed by atoms with van der Waals surface area (Å²) in [6, 6.07) is 9.81. The summed E-state index contributed by atoms with van der Waals surface area (Å²) in [7, 11) is 0. The molecule has 0 saturated carbocycles. The van der Waals surface area contributed by atoms with Gasteiger partial charge < -0.3 is 5.11 Å². The monoisotopic (exact) mass is 333 g/mol. The zero-order valence-corrected chi connectivity index (χ0v) is 13.6. The molecule has 1 N–H and O–H groups in total. The molecule has 0 aromatic heterocycles. The first-order valence-electron chi connectivity index (χ1n) is 6.68. The van der Waals surface area contributed by atoms with Gasteiger partial charge in [-0.1, -0.05) is 60.4 Å². The first kappa shape index (κ1) is 16.5. The van der Waals surface area contributed by atoms with Crippen LogP contribution in [0.15, 0.2) is 46.9 Å². The molecule has 2 rings (SSSR count). The topological polar surface area (TPSA) is 57.6 Å². The maximum absolute atomic E-state index is 12.2. The van der Waals surface area contributed by atoms with Crippen molar-refractivity contribution in [2.75, 3.05) is 6.54 Å². The number of benzene rings is 1. The quantitative estimate of drug-likeness (QED) is 0.662. The van der Waals surface area contributed by atoms with Crippen molar-refractivity contribution in [3.63, 3.8) is 0 Å². The van der Waals surface area contributed by atoms with E-state index in [1.54, 1.807) is 6.08 Å². The fourth-order valence-corrected chi connectivity index (χ4v) is 3.32. The van der Waals surface area contributed by atoms with Gasteiger partial charge in [-0.25, -0.2) is 0 Å². The normalized spacial score (nSPS) is 17.4. The van der Waals surface area contributed by atoms with Crippen molar-refractivity contribution in [3.8, 4) is 0 Å². The zero-order valence-electron chi connectivity index (χ0n) is 12.0. The highest BCUT2D eigenvalue weighted by molar-refractivity contribution is 8.26. The Bertz CT molecular complexity index is 665. The van der Waals surface area contributed by atoms with Crippen molar-refractivity contribution in [3.05, 3.63) is 52.4 Å². The number of thioether (sulfide) groups is 1. The van der Waals surface area contributed by atoms with Gasteiger partial charge >= 0.3 is 5.97 Å². The van der Waals surface area contributed by atoms with E-state index in [1.165, 1.54) is 16.7 Å². The second-order valence-electron chi connectivity index (χ2n) is 4.78. The summed E-state index contributed by atoms with van der Waals surface area (Å²) in [5.41, 5.74) is 1.99. The number of carbonyl (C=O) groups excluding carboxylic acids is 1. The van der Waals surface area contributed by atoms with Gasteiger partial charge in [0.2, 0.25) is 0 Å². The van der Waals surface area contributed by atoms with Gasteiger partial charge in [0.25, 0.3) is 5.91 Å². The number of amides is 1. The van der Waals surface area contributed by atoms with E-state index in [0.717, 1.165) is 11.1 Å². The van der Waals surface area contributed by atoms with Crippen LogP contribution in [0.3, 0.4) is 0 Å². The van der Waals surface area contributed by atoms with Crippen molar-refractivity contribution < 1.29 is 14.7 Å². The van der Waals surface area contributed by atoms with E-state index in [2.05, 4.69) is 0 Å². The molecule has 0 unspecified atom stereocenters. The van der Waals surface area contributed by atoms with Gasteiger partial charge in [0.05, 0.1) is 11.3 Å². The first-order chi connectivity index (χ1) is 10.5. The molecule has 114 valence electrons. The van der Waals surface area contributed by atoms with E-state index < -0.39 is 5.97 Å². The lowest BCUT2D eigenvalue weighted by molar-refractivity contribution is -0.137. The summed E-state index contributed by atoms with van der Waals surface area (Å²) in [4.78, 5) is 24.7. The number of carboxylic acids is 1. The lowest BCUT2D eigenvalue weighted by Gasteiger charge is -2.12. The fourth-order valence-electron chi connectivity index (χ4n) is 1.96. The molecule has 1 aromatic rings. The number of carbonyl (C=O) groups is 2. The molecular weight excluding hydrogens is 318 g/mol. The van der Waals surface area contributed by atoms with Crippen molar-refractivity contribution in [1.82, 2.24) is 4.90 Å². The van der Waals surface area contributed by atoms with Crippen molar-refractivity contribution >= 4 is 46.3 Å². The highest BCUT2D eigenvalue weighted by Crippen LogP contribution is 2.32. The molecule has 1 aliphatic heterocycles. The van der Waals surface area contributed by atoms with Crippen molar-refractivity contribution in [2.45, 2.75) is 13.3 Å². The first-order valence-corrected chi connectivity index (χ1v) is 7.90. The van der Waals surface area contributed by atoms with Crippen LogP contribution in [0.2, 0.25) is 0 Å². The predicted octanol–water partition coefficient (Wildman–Crippen LogP) is 3.31. The van der Waals surface area contributed by atoms with Crippen LogP contribution in [0, 0.1) is 0 Å². The third-order valence-corrected chi connectivity index (χ3v) is 4.35. The Kier molecular flexibility index (Phi) is 5.51. The summed E-state index contributed by atoms with van der Waals surface area (Å²) >= 11 is 6.35. The minimum atomic E-state index is -0.946. The Morgan fingerprint density at radius 3 is 2.68 bits per heavy atom. The van der Waals surface area contributed by atoms with Gasteiger partial charge in [-0.3, -0.25) is 14.5 Å². The maximum atomic E-state index is 12.2. The van der Waals surface area contributed by atoms with Crippen LogP contribution in [0.5, 0.6) is 0 Å². The number of nitrogens with zero attached hydrogens (tertiary/aromatic N) is 1. The number of hydrogen-bond donors (Lipinski definition) is 1. The molecule has 1 aromatic carbocycles. The summed E-state index contributed by atoms with van der Waals surface area (Å²) in [5.74, 6) is -1.17. The number of thiocarbonyl (C=S) groups is 1. The standard InChI is InChI=1S/C16H15NO3S2/c1-11(9-12-5-3-2-4-6-12)10-13-15(20)17(16(21)22-13)8-7-14(18)19/h2-6,9-10H,7-8H2,1H3,(H,18,19)/b11-9+,13-10-. The van der Waals surface area contributed by atoms with E-state index in [9.17, 15) is 9.59 Å². The third-order valence-electron chi connectivity index (χ3n) is 2.98. The van der Waals surface area contributed by atoms with Crippen LogP contribution >= 0.6 is 24.0 Å². The molecular formula is C16H15NO3S2. The Hall–Kier alpha value is -1.92. The lowest BCUT2D eigenvalue weighted by Crippen LogP contribution is -2.30. The molecule has 22 heavy (non-hydrogen) atoms. The average Bonchev–Trinajstić information content (AvgIpc) is 2.72. The SMILES string of the molecule is CC(/C=C1\SC(=S)N(CCC(=O)O)C1=O)=C\c1ccccc1. The van der Waals surface area contributed by atoms with Crippen molar-refractivity contribution in [2.24, 2.45) is 0 Å². The predicted molar refractivity (Wildman–Crippen MR) is 92.3 cm³/mol. The number of aliphatic carboxylic acids is 1. The summed E-state index contributed by atoms with van der Waals surface area (Å²) < 4.78 is 0.407. The second kappa shape index (κ2) is 7.38. The van der Waals surface area contributed by atoms with Crippen LogP contribution in [-0.2, 0) is 9.59 Å². The van der Waals surface area contributed by atoms with Crippen LogP contribution < -0.4 is 0 Å². The summed E-state index contributed by atoms with van der Waals surface area (Å²) in [5, 5.41) is 8.71. The minimum absolute atomic E-state index is 0.110. The molecule has 1 saturated heterocycles. The zero-order chi connectivity index (χ0) is 16.1. The smallest absolute Gasteiger partial charge is 0.305 e. The molecule has 0 spiro atoms. The van der Waals surface area contributed by atoms with E-state index in [-0.39, 0.29) is 18.9 Å². The largest absolute Gasteiger partial charge is 0.481 e. The molecule has 1 heterocycles. The number of hydrogen-bond acceptors (Lipinski definition) is 4. The van der Waals surface area contributed by atoms with Crippen LogP contribution in [0.25, 0.3) is 6.08 Å². The number of allylic oxidation sites excluding steroid dienone is 2. The van der Waals surface area contributed by atoms with Gasteiger partial charge in [-0.05, 0) is 24.1 Å². The fraction of sp³-hybridized carbons (Fsp3) is 0.188. The lowest BCUT2D eigenvalue weighted by atomic mass is 10.1. The molecule has 0 radical (unpaired) electrons. The minimum Gasteiger partial charge on any atom is -0.481 e. The van der Waals surface area contributed by atoms with E-state index >= 15 is 0 Å². The summed E-state index contributed by atoms with van der Waals surface area (Å²) in [6.45, 7) is 2.02. The number of carboxylic acid groups (broad SMARTS) is 1. The molecule has 1 aliphatic rings. The van der Waals surface area contributed by atoms with E-state index in [0.29, 0.717) is 9.23 Å². The Morgan fingerprint density at radius 2 is 2.05 bits per heavy atom. The summed E-state index contributed by atoms with van der Waals surface area (Å²) in [6.07, 6.45) is 3.65. The highest BCUT2D eigenvalue weighted by atomic mass is 32.2. The van der Waals surface area contributed by atoms with Gasteiger partial charge in [0.1, 0.15) is 4.32 Å². The van der Waals surface area contributed by atoms with Gasteiger partial charge in [-0.15, -0.1) is 0 Å². The Labute approximate surface area is 138 Å². The molecule has 0 aliphatic carbocycles. The molecule has 0 atom stereocenters. The van der Waals surface area contributed by atoms with Gasteiger partial charge in [0.15, 0.2) is 0 Å². The van der Waals surface area contributed by atoms with Crippen molar-refractivity contribution in [1.29, 1.82) is 0 Å². The highest BCUT2D eigenvalue weighted by Gasteiger charge is 2.31. The average molecular weight is 333 g/mol. The molecule has 6 heteroatoms. The third kappa shape index (κ3) is 4.29. The van der Waals surface area contributed by atoms with E-state index in [4.69, 9.17) is 17.3 Å². The molecule has 4 nitrogen and oxygen atoms in total. The van der Waals surface area contributed by atoms with Gasteiger partial charge in [0, 0.05) is 6.54 Å². The van der Waals surface area contributed by atoms with E-state index in [1.807, 2.05) is 43.3 Å². The number of rotatable bonds is 5. The van der Waals surface area contributed by atoms with Gasteiger partial charge in [-0.2, -0.15) is 0 Å².